The molecule has 1 unspecified atom stereocenters. The molecule has 0 aromatic heterocycles. The van der Waals surface area contributed by atoms with E-state index < -0.39 is 6.23 Å². The average molecular weight is 226 g/mol. The van der Waals surface area contributed by atoms with Gasteiger partial charge in [0.05, 0.1) is 0 Å². The summed E-state index contributed by atoms with van der Waals surface area (Å²) in [5.41, 5.74) is 2.06. The Morgan fingerprint density at radius 1 is 1.33 bits per heavy atom. The zero-order valence-electron chi connectivity index (χ0n) is 6.29. The Labute approximate surface area is 79.0 Å². The molecule has 1 aliphatic heterocycles. The van der Waals surface area contributed by atoms with Gasteiger partial charge in [0.25, 0.3) is 0 Å². The van der Waals surface area contributed by atoms with E-state index in [1.54, 1.807) is 0 Å². The predicted molar refractivity (Wildman–Crippen MR) is 53.0 cm³/mol. The second-order valence-electron chi connectivity index (χ2n) is 2.66. The number of rotatable bonds is 0. The number of halogens is 1. The number of benzene rings is 1. The highest BCUT2D eigenvalue weighted by molar-refractivity contribution is 9.11. The molecule has 62 valence electrons. The summed E-state index contributed by atoms with van der Waals surface area (Å²) in [5.74, 6) is 0. The largest absolute Gasteiger partial charge is 0.369 e. The van der Waals surface area contributed by atoms with Crippen LogP contribution in [0.3, 0.4) is 0 Å². The number of hydrogen-bond acceptors (Lipinski definition) is 2. The molecule has 0 saturated heterocycles. The van der Waals surface area contributed by atoms with E-state index in [0.717, 1.165) is 15.7 Å². The van der Waals surface area contributed by atoms with Gasteiger partial charge in [-0.1, -0.05) is 34.1 Å². The van der Waals surface area contributed by atoms with Gasteiger partial charge in [0.1, 0.15) is 0 Å². The van der Waals surface area contributed by atoms with Gasteiger partial charge in [0, 0.05) is 10.2 Å². The molecule has 2 nitrogen and oxygen atoms in total. The van der Waals surface area contributed by atoms with Crippen molar-refractivity contribution in [1.82, 2.24) is 0 Å². The fourth-order valence-electron chi connectivity index (χ4n) is 1.20. The van der Waals surface area contributed by atoms with Crippen LogP contribution in [-0.4, -0.2) is 11.3 Å². The van der Waals surface area contributed by atoms with Crippen LogP contribution in [0.5, 0.6) is 0 Å². The van der Waals surface area contributed by atoms with Gasteiger partial charge in [-0.15, -0.1) is 0 Å². The second kappa shape index (κ2) is 2.92. The zero-order valence-corrected chi connectivity index (χ0v) is 7.88. The lowest BCUT2D eigenvalue weighted by molar-refractivity contribution is 0.249. The van der Waals surface area contributed by atoms with Crippen molar-refractivity contribution < 1.29 is 5.11 Å². The van der Waals surface area contributed by atoms with Gasteiger partial charge in [-0.3, -0.25) is 0 Å². The van der Waals surface area contributed by atoms with E-state index >= 15 is 0 Å². The van der Waals surface area contributed by atoms with Crippen LogP contribution in [0.15, 0.2) is 28.7 Å². The van der Waals surface area contributed by atoms with Crippen molar-refractivity contribution in [2.24, 2.45) is 0 Å². The molecule has 1 atom stereocenters. The number of aliphatic hydroxyl groups excluding tert-OH is 1. The molecule has 1 heterocycles. The topological polar surface area (TPSA) is 32.3 Å². The monoisotopic (exact) mass is 225 g/mol. The molecule has 0 bridgehead atoms. The maximum absolute atomic E-state index is 9.40. The molecule has 0 aliphatic carbocycles. The third kappa shape index (κ3) is 1.26. The number of para-hydroxylation sites is 1. The van der Waals surface area contributed by atoms with Gasteiger partial charge in [-0.25, -0.2) is 0 Å². The smallest absolute Gasteiger partial charge is 0.157 e. The van der Waals surface area contributed by atoms with Gasteiger partial charge in [0.15, 0.2) is 6.23 Å². The summed E-state index contributed by atoms with van der Waals surface area (Å²) in [6.45, 7) is 0. The van der Waals surface area contributed by atoms with Crippen LogP contribution in [0.2, 0.25) is 0 Å². The lowest BCUT2D eigenvalue weighted by Gasteiger charge is -2.20. The van der Waals surface area contributed by atoms with Crippen LogP contribution in [0.1, 0.15) is 5.56 Å². The molecule has 1 aromatic rings. The van der Waals surface area contributed by atoms with Crippen LogP contribution in [0, 0.1) is 0 Å². The van der Waals surface area contributed by atoms with Crippen LogP contribution >= 0.6 is 15.9 Å². The zero-order chi connectivity index (χ0) is 8.55. The number of hydrogen-bond donors (Lipinski definition) is 2. The number of aliphatic hydroxyl groups is 1. The number of fused-ring (bicyclic) bond motifs is 1. The molecule has 12 heavy (non-hydrogen) atoms. The summed E-state index contributed by atoms with van der Waals surface area (Å²) in [6, 6.07) is 7.84. The molecule has 0 saturated carbocycles. The molecule has 3 heteroatoms. The SMILES string of the molecule is OC1Nc2ccccc2C=C1Br. The van der Waals surface area contributed by atoms with Gasteiger partial charge in [-0.05, 0) is 17.7 Å². The van der Waals surface area contributed by atoms with Crippen molar-refractivity contribution in [1.29, 1.82) is 0 Å². The minimum Gasteiger partial charge on any atom is -0.369 e. The Hall–Kier alpha value is -0.800. The van der Waals surface area contributed by atoms with Crippen LogP contribution in [-0.2, 0) is 0 Å². The predicted octanol–water partition coefficient (Wildman–Crippen LogP) is 2.17. The Morgan fingerprint density at radius 2 is 2.08 bits per heavy atom. The van der Waals surface area contributed by atoms with E-state index in [1.807, 2.05) is 30.3 Å². The first-order chi connectivity index (χ1) is 5.77. The van der Waals surface area contributed by atoms with Crippen molar-refractivity contribution in [3.8, 4) is 0 Å². The summed E-state index contributed by atoms with van der Waals surface area (Å²) < 4.78 is 0.765. The summed E-state index contributed by atoms with van der Waals surface area (Å²) in [6.07, 6.45) is 1.30. The molecule has 0 spiro atoms. The van der Waals surface area contributed by atoms with E-state index in [9.17, 15) is 5.11 Å². The van der Waals surface area contributed by atoms with Crippen molar-refractivity contribution in [2.45, 2.75) is 6.23 Å². The van der Waals surface area contributed by atoms with Crippen molar-refractivity contribution >= 4 is 27.7 Å². The molecule has 1 aromatic carbocycles. The Kier molecular flexibility index (Phi) is 1.90. The highest BCUT2D eigenvalue weighted by atomic mass is 79.9. The lowest BCUT2D eigenvalue weighted by Crippen LogP contribution is -2.21. The van der Waals surface area contributed by atoms with Gasteiger partial charge < -0.3 is 10.4 Å². The Morgan fingerprint density at radius 3 is 2.92 bits per heavy atom. The van der Waals surface area contributed by atoms with Crippen LogP contribution < -0.4 is 5.32 Å². The molecule has 0 amide bonds. The van der Waals surface area contributed by atoms with Gasteiger partial charge >= 0.3 is 0 Å². The fraction of sp³-hybridized carbons (Fsp3) is 0.111. The highest BCUT2D eigenvalue weighted by Gasteiger charge is 2.14. The van der Waals surface area contributed by atoms with Crippen molar-refractivity contribution in [3.63, 3.8) is 0 Å². The number of anilines is 1. The first-order valence-electron chi connectivity index (χ1n) is 3.68. The minimum atomic E-state index is -0.611. The summed E-state index contributed by atoms with van der Waals surface area (Å²) in [4.78, 5) is 0. The average Bonchev–Trinajstić information content (AvgIpc) is 2.07. The maximum Gasteiger partial charge on any atom is 0.157 e. The third-order valence-electron chi connectivity index (χ3n) is 1.81. The third-order valence-corrected chi connectivity index (χ3v) is 2.47. The molecule has 2 N–H and O–H groups in total. The summed E-state index contributed by atoms with van der Waals surface area (Å²) >= 11 is 3.27. The molecular weight excluding hydrogens is 218 g/mol. The quantitative estimate of drug-likeness (QED) is 0.710. The van der Waals surface area contributed by atoms with E-state index in [1.165, 1.54) is 0 Å². The molecule has 0 fully saturated rings. The lowest BCUT2D eigenvalue weighted by atomic mass is 10.1. The first-order valence-corrected chi connectivity index (χ1v) is 4.47. The van der Waals surface area contributed by atoms with Crippen molar-refractivity contribution in [2.75, 3.05) is 5.32 Å². The van der Waals surface area contributed by atoms with E-state index in [-0.39, 0.29) is 0 Å². The fourth-order valence-corrected chi connectivity index (χ4v) is 1.56. The van der Waals surface area contributed by atoms with Gasteiger partial charge in [-0.2, -0.15) is 0 Å². The van der Waals surface area contributed by atoms with Crippen LogP contribution in [0.25, 0.3) is 6.08 Å². The number of nitrogens with one attached hydrogen (secondary N) is 1. The normalized spacial score (nSPS) is 20.8. The van der Waals surface area contributed by atoms with Gasteiger partial charge in [0.2, 0.25) is 0 Å². The molecule has 1 aliphatic rings. The van der Waals surface area contributed by atoms with E-state index in [4.69, 9.17) is 0 Å². The Bertz CT molecular complexity index is 335. The molecule has 0 radical (unpaired) electrons. The first kappa shape index (κ1) is 7.83. The molecule has 2 rings (SSSR count). The minimum absolute atomic E-state index is 0.611. The summed E-state index contributed by atoms with van der Waals surface area (Å²) in [7, 11) is 0. The van der Waals surface area contributed by atoms with E-state index in [0.29, 0.717) is 0 Å². The summed E-state index contributed by atoms with van der Waals surface area (Å²) in [5, 5.41) is 12.3. The maximum atomic E-state index is 9.40. The van der Waals surface area contributed by atoms with E-state index in [2.05, 4.69) is 21.2 Å². The molecular formula is C9H8BrNO. The van der Waals surface area contributed by atoms with Crippen molar-refractivity contribution in [3.05, 3.63) is 34.3 Å². The highest BCUT2D eigenvalue weighted by Crippen LogP contribution is 2.28. The second-order valence-corrected chi connectivity index (χ2v) is 3.58. The Balaban J connectivity index is 2.49. The standard InChI is InChI=1S/C9H8BrNO/c10-7-5-6-3-1-2-4-8(6)11-9(7)12/h1-5,9,11-12H. The van der Waals surface area contributed by atoms with Crippen LogP contribution in [0.4, 0.5) is 5.69 Å².